The lowest BCUT2D eigenvalue weighted by Gasteiger charge is -2.24. The maximum absolute atomic E-state index is 12.3. The fourth-order valence-electron chi connectivity index (χ4n) is 2.85. The number of hydrogen-bond acceptors (Lipinski definition) is 3. The van der Waals surface area contributed by atoms with E-state index in [0.29, 0.717) is 12.1 Å². The number of H-pyrrole nitrogens is 2. The van der Waals surface area contributed by atoms with Crippen LogP contribution in [-0.2, 0) is 16.0 Å². The molecular formula is C17H15N5O2. The van der Waals surface area contributed by atoms with Gasteiger partial charge in [-0.15, -0.1) is 0 Å². The molecule has 0 spiro atoms. The Morgan fingerprint density at radius 1 is 1.17 bits per heavy atom. The first kappa shape index (κ1) is 14.3. The first-order valence-corrected chi connectivity index (χ1v) is 7.57. The third-order valence-electron chi connectivity index (χ3n) is 4.04. The number of aromatic nitrogens is 3. The van der Waals surface area contributed by atoms with Crippen molar-refractivity contribution in [3.63, 3.8) is 0 Å². The van der Waals surface area contributed by atoms with E-state index in [2.05, 4.69) is 25.6 Å². The number of piperazine rings is 1. The molecule has 4 rings (SSSR count). The quantitative estimate of drug-likeness (QED) is 0.543. The molecule has 3 aromatic rings. The summed E-state index contributed by atoms with van der Waals surface area (Å²) in [5, 5.41) is 6.49. The number of carbonyl (C=O) groups is 2. The Hall–Kier alpha value is -3.35. The summed E-state index contributed by atoms with van der Waals surface area (Å²) in [7, 11) is 0. The zero-order valence-corrected chi connectivity index (χ0v) is 12.7. The molecule has 0 bridgehead atoms. The van der Waals surface area contributed by atoms with Crippen LogP contribution in [0.5, 0.6) is 0 Å². The van der Waals surface area contributed by atoms with Crippen LogP contribution < -0.4 is 10.6 Å². The van der Waals surface area contributed by atoms with Crippen LogP contribution in [0, 0.1) is 0 Å². The van der Waals surface area contributed by atoms with Gasteiger partial charge in [-0.3, -0.25) is 9.59 Å². The van der Waals surface area contributed by atoms with Crippen LogP contribution in [0.2, 0.25) is 0 Å². The lowest BCUT2D eigenvalue weighted by molar-refractivity contribution is -0.131. The van der Waals surface area contributed by atoms with Crippen molar-refractivity contribution in [2.45, 2.75) is 12.5 Å². The molecule has 1 aliphatic heterocycles. The van der Waals surface area contributed by atoms with Crippen LogP contribution in [0.1, 0.15) is 11.3 Å². The van der Waals surface area contributed by atoms with Gasteiger partial charge in [-0.25, -0.2) is 4.98 Å². The molecule has 2 amide bonds. The number of para-hydroxylation sites is 1. The standard InChI is InChI=1S/C17H15N5O2/c23-16-14(5-10-7-19-13-4-2-1-3-12(10)13)21-17(24)15(22-16)6-11-8-18-9-20-11/h1-4,6-9,14,19H,5H2,(H,18,20)(H,21,24)(H,22,23). The zero-order valence-electron chi connectivity index (χ0n) is 12.7. The largest absolute Gasteiger partial charge is 0.361 e. The highest BCUT2D eigenvalue weighted by atomic mass is 16.2. The van der Waals surface area contributed by atoms with Gasteiger partial charge in [0.2, 0.25) is 5.91 Å². The highest BCUT2D eigenvalue weighted by Gasteiger charge is 2.30. The molecule has 7 nitrogen and oxygen atoms in total. The number of hydrogen-bond donors (Lipinski definition) is 4. The molecule has 1 unspecified atom stereocenters. The molecule has 1 saturated heterocycles. The second-order valence-corrected chi connectivity index (χ2v) is 5.64. The Morgan fingerprint density at radius 3 is 2.88 bits per heavy atom. The van der Waals surface area contributed by atoms with Gasteiger partial charge in [0, 0.05) is 23.5 Å². The first-order valence-electron chi connectivity index (χ1n) is 7.57. The maximum atomic E-state index is 12.3. The van der Waals surface area contributed by atoms with Crippen LogP contribution in [0.3, 0.4) is 0 Å². The number of rotatable bonds is 3. The summed E-state index contributed by atoms with van der Waals surface area (Å²) in [6.07, 6.45) is 6.94. The second kappa shape index (κ2) is 5.69. The Kier molecular flexibility index (Phi) is 3.38. The average molecular weight is 321 g/mol. The summed E-state index contributed by atoms with van der Waals surface area (Å²) in [6, 6.07) is 7.27. The number of nitrogens with zero attached hydrogens (tertiary/aromatic N) is 1. The molecule has 1 atom stereocenters. The predicted octanol–water partition coefficient (Wildman–Crippen LogP) is 1.09. The third kappa shape index (κ3) is 2.56. The minimum atomic E-state index is -0.601. The molecule has 1 aliphatic rings. The molecule has 1 fully saturated rings. The normalized spacial score (nSPS) is 19.5. The highest BCUT2D eigenvalue weighted by molar-refractivity contribution is 6.07. The topological polar surface area (TPSA) is 103 Å². The van der Waals surface area contributed by atoms with Crippen LogP contribution in [-0.4, -0.2) is 32.8 Å². The number of benzene rings is 1. The molecule has 2 aromatic heterocycles. The van der Waals surface area contributed by atoms with Crippen molar-refractivity contribution in [3.8, 4) is 0 Å². The van der Waals surface area contributed by atoms with Crippen molar-refractivity contribution in [2.24, 2.45) is 0 Å². The zero-order chi connectivity index (χ0) is 16.5. The molecule has 0 radical (unpaired) electrons. The van der Waals surface area contributed by atoms with Crippen LogP contribution in [0.15, 0.2) is 48.7 Å². The summed E-state index contributed by atoms with van der Waals surface area (Å²) in [5.74, 6) is -0.542. The van der Waals surface area contributed by atoms with Crippen LogP contribution in [0.25, 0.3) is 17.0 Å². The fraction of sp³-hybridized carbons (Fsp3) is 0.118. The number of fused-ring (bicyclic) bond motifs is 1. The highest BCUT2D eigenvalue weighted by Crippen LogP contribution is 2.20. The van der Waals surface area contributed by atoms with Crippen molar-refractivity contribution < 1.29 is 9.59 Å². The summed E-state index contributed by atoms with van der Waals surface area (Å²) >= 11 is 0. The maximum Gasteiger partial charge on any atom is 0.268 e. The summed E-state index contributed by atoms with van der Waals surface area (Å²) < 4.78 is 0. The van der Waals surface area contributed by atoms with E-state index in [1.54, 1.807) is 12.3 Å². The Bertz CT molecular complexity index is 939. The van der Waals surface area contributed by atoms with E-state index in [9.17, 15) is 9.59 Å². The summed E-state index contributed by atoms with van der Waals surface area (Å²) in [6.45, 7) is 0. The fourth-order valence-corrected chi connectivity index (χ4v) is 2.85. The van der Waals surface area contributed by atoms with Crippen molar-refractivity contribution in [3.05, 3.63) is 59.9 Å². The van der Waals surface area contributed by atoms with Gasteiger partial charge in [0.15, 0.2) is 0 Å². The van der Waals surface area contributed by atoms with Crippen molar-refractivity contribution in [1.82, 2.24) is 25.6 Å². The molecule has 4 N–H and O–H groups in total. The lowest BCUT2D eigenvalue weighted by Crippen LogP contribution is -2.55. The minimum Gasteiger partial charge on any atom is -0.361 e. The molecule has 120 valence electrons. The monoisotopic (exact) mass is 321 g/mol. The van der Waals surface area contributed by atoms with E-state index < -0.39 is 6.04 Å². The van der Waals surface area contributed by atoms with Gasteiger partial charge in [0.1, 0.15) is 11.7 Å². The number of imidazole rings is 1. The molecule has 0 saturated carbocycles. The van der Waals surface area contributed by atoms with Gasteiger partial charge >= 0.3 is 0 Å². The van der Waals surface area contributed by atoms with Gasteiger partial charge in [-0.2, -0.15) is 0 Å². The Morgan fingerprint density at radius 2 is 2.04 bits per heavy atom. The molecule has 3 heterocycles. The molecular weight excluding hydrogens is 306 g/mol. The number of aromatic amines is 2. The SMILES string of the molecule is O=C1NC(Cc2c[nH]c3ccccc23)C(=O)NC1=Cc1cnc[nH]1. The second-order valence-electron chi connectivity index (χ2n) is 5.64. The van der Waals surface area contributed by atoms with Crippen molar-refractivity contribution in [2.75, 3.05) is 0 Å². The van der Waals surface area contributed by atoms with E-state index >= 15 is 0 Å². The molecule has 24 heavy (non-hydrogen) atoms. The number of amides is 2. The van der Waals surface area contributed by atoms with Gasteiger partial charge in [0.05, 0.1) is 18.2 Å². The van der Waals surface area contributed by atoms with Crippen molar-refractivity contribution in [1.29, 1.82) is 0 Å². The number of nitrogens with one attached hydrogen (secondary N) is 4. The average Bonchev–Trinajstić information content (AvgIpc) is 3.22. The first-order chi connectivity index (χ1) is 11.7. The minimum absolute atomic E-state index is 0.208. The lowest BCUT2D eigenvalue weighted by atomic mass is 10.0. The predicted molar refractivity (Wildman–Crippen MR) is 88.6 cm³/mol. The van der Waals surface area contributed by atoms with Crippen LogP contribution >= 0.6 is 0 Å². The molecule has 0 aliphatic carbocycles. The molecule has 7 heteroatoms. The molecule has 1 aromatic carbocycles. The van der Waals surface area contributed by atoms with Gasteiger partial charge in [-0.05, 0) is 17.7 Å². The smallest absolute Gasteiger partial charge is 0.268 e. The van der Waals surface area contributed by atoms with Crippen molar-refractivity contribution >= 4 is 28.8 Å². The Balaban J connectivity index is 1.54. The van der Waals surface area contributed by atoms with E-state index in [1.165, 1.54) is 6.33 Å². The van der Waals surface area contributed by atoms with E-state index in [-0.39, 0.29) is 17.5 Å². The Labute approximate surface area is 137 Å². The summed E-state index contributed by atoms with van der Waals surface area (Å²) in [4.78, 5) is 34.5. The van der Waals surface area contributed by atoms with Gasteiger partial charge < -0.3 is 20.6 Å². The van der Waals surface area contributed by atoms with E-state index in [0.717, 1.165) is 16.5 Å². The third-order valence-corrected chi connectivity index (χ3v) is 4.04. The van der Waals surface area contributed by atoms with Gasteiger partial charge in [-0.1, -0.05) is 18.2 Å². The number of carbonyl (C=O) groups excluding carboxylic acids is 2. The van der Waals surface area contributed by atoms with Crippen LogP contribution in [0.4, 0.5) is 0 Å². The van der Waals surface area contributed by atoms with Gasteiger partial charge in [0.25, 0.3) is 5.91 Å². The van der Waals surface area contributed by atoms with E-state index in [4.69, 9.17) is 0 Å². The summed E-state index contributed by atoms with van der Waals surface area (Å²) in [5.41, 5.74) is 2.86. The van der Waals surface area contributed by atoms with E-state index in [1.807, 2.05) is 30.5 Å².